The number of fused-ring (bicyclic) bond motifs is 2. The monoisotopic (exact) mass is 704 g/mol. The first-order chi connectivity index (χ1) is 22.2. The number of benzene rings is 3. The second kappa shape index (κ2) is 12.0. The molecular formula is C30H23F3N4O7S3. The number of halogens is 3. The molecule has 3 aromatic carbocycles. The smallest absolute Gasteiger partial charge is 0.418 e. The van der Waals surface area contributed by atoms with E-state index in [0.29, 0.717) is 21.1 Å². The number of imide groups is 1. The lowest BCUT2D eigenvalue weighted by molar-refractivity contribution is -0.137. The lowest BCUT2D eigenvalue weighted by Gasteiger charge is -2.30. The molecule has 2 aliphatic heterocycles. The highest BCUT2D eigenvalue weighted by molar-refractivity contribution is 8.00. The highest BCUT2D eigenvalue weighted by Crippen LogP contribution is 2.54. The number of thioether (sulfide) groups is 1. The number of hydrogen-bond acceptors (Lipinski definition) is 9. The Hall–Kier alpha value is -4.45. The maximum atomic E-state index is 14.0. The van der Waals surface area contributed by atoms with Gasteiger partial charge in [-0.05, 0) is 54.1 Å². The van der Waals surface area contributed by atoms with Crippen molar-refractivity contribution in [3.05, 3.63) is 98.5 Å². The van der Waals surface area contributed by atoms with Gasteiger partial charge in [-0.15, -0.1) is 0 Å². The summed E-state index contributed by atoms with van der Waals surface area (Å²) < 4.78 is 71.4. The van der Waals surface area contributed by atoms with Gasteiger partial charge in [0.2, 0.25) is 27.7 Å². The third-order valence-corrected chi connectivity index (χ3v) is 11.3. The maximum Gasteiger partial charge on any atom is 0.418 e. The summed E-state index contributed by atoms with van der Waals surface area (Å²) in [6.45, 7) is -0.510. The molecule has 1 aromatic heterocycles. The molecule has 0 radical (unpaired) electrons. The lowest BCUT2D eigenvalue weighted by atomic mass is 9.83. The van der Waals surface area contributed by atoms with Crippen molar-refractivity contribution in [3.63, 3.8) is 0 Å². The van der Waals surface area contributed by atoms with Gasteiger partial charge in [-0.2, -0.15) is 13.2 Å². The zero-order chi connectivity index (χ0) is 33.8. The Morgan fingerprint density at radius 2 is 1.64 bits per heavy atom. The van der Waals surface area contributed by atoms with Gasteiger partial charge in [0.15, 0.2) is 0 Å². The number of nitrogens with two attached hydrogens (primary N) is 1. The van der Waals surface area contributed by atoms with Crippen molar-refractivity contribution in [2.45, 2.75) is 33.8 Å². The zero-order valence-corrected chi connectivity index (χ0v) is 26.5. The fraction of sp³-hybridized carbons (Fsp3) is 0.200. The molecular weight excluding hydrogens is 682 g/mol. The van der Waals surface area contributed by atoms with E-state index < -0.39 is 73.7 Å². The summed E-state index contributed by atoms with van der Waals surface area (Å²) in [5.74, 6) is -3.96. The van der Waals surface area contributed by atoms with Crippen molar-refractivity contribution < 1.29 is 40.7 Å². The Morgan fingerprint density at radius 3 is 2.26 bits per heavy atom. The Balaban J connectivity index is 1.39. The molecule has 2 aliphatic rings. The molecule has 0 saturated carbocycles. The van der Waals surface area contributed by atoms with Crippen molar-refractivity contribution in [2.75, 3.05) is 17.3 Å². The minimum absolute atomic E-state index is 0.170. The fourth-order valence-corrected chi connectivity index (χ4v) is 8.93. The van der Waals surface area contributed by atoms with E-state index in [1.54, 1.807) is 24.3 Å². The summed E-state index contributed by atoms with van der Waals surface area (Å²) in [6, 6.07) is 15.9. The van der Waals surface area contributed by atoms with Crippen molar-refractivity contribution in [1.82, 2.24) is 4.57 Å². The van der Waals surface area contributed by atoms with Gasteiger partial charge in [-0.3, -0.25) is 23.7 Å². The summed E-state index contributed by atoms with van der Waals surface area (Å²) in [6.07, 6.45) is -4.85. The molecule has 0 unspecified atom stereocenters. The number of aromatic nitrogens is 1. The number of rotatable bonds is 7. The number of amides is 3. The second-order valence-electron chi connectivity index (χ2n) is 10.6. The minimum Gasteiger partial charge on any atom is -0.497 e. The molecule has 1 saturated heterocycles. The number of primary sulfonamides is 1. The largest absolute Gasteiger partial charge is 0.497 e. The van der Waals surface area contributed by atoms with E-state index in [2.05, 4.69) is 5.32 Å². The van der Waals surface area contributed by atoms with E-state index in [1.165, 1.54) is 37.4 Å². The van der Waals surface area contributed by atoms with Gasteiger partial charge in [0.05, 0.1) is 34.2 Å². The topological polar surface area (TPSA) is 158 Å². The third-order valence-electron chi connectivity index (χ3n) is 7.74. The van der Waals surface area contributed by atoms with Crippen LogP contribution >= 0.6 is 23.1 Å². The molecule has 6 rings (SSSR count). The number of hydrogen-bond donors (Lipinski definition) is 2. The van der Waals surface area contributed by atoms with Gasteiger partial charge in [0.1, 0.15) is 17.5 Å². The number of nitrogens with zero attached hydrogens (tertiary/aromatic N) is 2. The predicted molar refractivity (Wildman–Crippen MR) is 167 cm³/mol. The zero-order valence-electron chi connectivity index (χ0n) is 24.1. The average molecular weight is 705 g/mol. The van der Waals surface area contributed by atoms with E-state index in [9.17, 15) is 40.8 Å². The molecule has 1 fully saturated rings. The van der Waals surface area contributed by atoms with Gasteiger partial charge in [0.25, 0.3) is 0 Å². The molecule has 17 heteroatoms. The van der Waals surface area contributed by atoms with Gasteiger partial charge < -0.3 is 10.1 Å². The van der Waals surface area contributed by atoms with Gasteiger partial charge in [-0.1, -0.05) is 47.4 Å². The Kier molecular flexibility index (Phi) is 8.27. The van der Waals surface area contributed by atoms with Gasteiger partial charge in [-0.25, -0.2) is 18.5 Å². The van der Waals surface area contributed by atoms with Crippen LogP contribution in [0.1, 0.15) is 21.9 Å². The fourth-order valence-electron chi connectivity index (χ4n) is 5.64. The molecule has 4 aromatic rings. The summed E-state index contributed by atoms with van der Waals surface area (Å²) in [4.78, 5) is 54.5. The number of ether oxygens (including phenoxy) is 1. The van der Waals surface area contributed by atoms with Crippen LogP contribution in [0.3, 0.4) is 0 Å². The molecule has 3 N–H and O–H groups in total. The minimum atomic E-state index is -4.85. The van der Waals surface area contributed by atoms with E-state index in [0.717, 1.165) is 45.9 Å². The first kappa shape index (κ1) is 32.5. The Morgan fingerprint density at radius 1 is 0.979 bits per heavy atom. The van der Waals surface area contributed by atoms with Crippen LogP contribution in [0.25, 0.3) is 0 Å². The predicted octanol–water partition coefficient (Wildman–Crippen LogP) is 4.02. The number of thiazole rings is 1. The van der Waals surface area contributed by atoms with Crippen LogP contribution in [0.2, 0.25) is 0 Å². The third kappa shape index (κ3) is 5.95. The lowest BCUT2D eigenvalue weighted by Crippen LogP contribution is -2.33. The molecule has 0 aliphatic carbocycles. The Bertz CT molecular complexity index is 2080. The standard InChI is InChI=1S/C30H23F3N4O7S3/c1-44-17-10-6-15(7-11-17)22-23-24(27(40)37(26(23)39)20-5-3-2-4-19(20)30(31,32)33)45-28-25(22)46-29(41)36(28)14-21(38)35-16-8-12-18(13-9-16)47(34,42)43/h2-13,22-24H,14H2,1H3,(H,35,38)(H2,34,42,43)/t22-,23-,24+/m0/s1. The van der Waals surface area contributed by atoms with Gasteiger partial charge in [0, 0.05) is 16.5 Å². The molecule has 47 heavy (non-hydrogen) atoms. The molecule has 244 valence electrons. The highest BCUT2D eigenvalue weighted by Gasteiger charge is 2.57. The number of methoxy groups -OCH3 is 1. The van der Waals surface area contributed by atoms with E-state index in [-0.39, 0.29) is 15.6 Å². The quantitative estimate of drug-likeness (QED) is 0.273. The van der Waals surface area contributed by atoms with Gasteiger partial charge >= 0.3 is 11.0 Å². The normalized spacial score (nSPS) is 19.3. The number of para-hydroxylation sites is 1. The molecule has 0 spiro atoms. The summed E-state index contributed by atoms with van der Waals surface area (Å²) >= 11 is 1.62. The summed E-state index contributed by atoms with van der Waals surface area (Å²) in [5.41, 5.74) is -1.000. The number of nitrogens with one attached hydrogen (secondary N) is 1. The van der Waals surface area contributed by atoms with Crippen LogP contribution in [0.5, 0.6) is 5.75 Å². The van der Waals surface area contributed by atoms with Crippen molar-refractivity contribution in [2.24, 2.45) is 11.1 Å². The summed E-state index contributed by atoms with van der Waals surface area (Å²) in [5, 5.41) is 6.70. The van der Waals surface area contributed by atoms with Crippen molar-refractivity contribution in [3.8, 4) is 5.75 Å². The first-order valence-electron chi connectivity index (χ1n) is 13.7. The van der Waals surface area contributed by atoms with E-state index >= 15 is 0 Å². The highest BCUT2D eigenvalue weighted by atomic mass is 32.2. The van der Waals surface area contributed by atoms with Crippen LogP contribution in [-0.4, -0.2) is 43.1 Å². The van der Waals surface area contributed by atoms with Crippen LogP contribution in [0.15, 0.2) is 87.5 Å². The molecule has 3 amide bonds. The van der Waals surface area contributed by atoms with Crippen molar-refractivity contribution in [1.29, 1.82) is 0 Å². The number of carbonyl (C=O) groups is 3. The molecule has 0 bridgehead atoms. The van der Waals surface area contributed by atoms with Crippen LogP contribution < -0.4 is 25.0 Å². The van der Waals surface area contributed by atoms with E-state index in [4.69, 9.17) is 9.88 Å². The number of alkyl halides is 3. The number of carbonyl (C=O) groups excluding carboxylic acids is 3. The van der Waals surface area contributed by atoms with Crippen LogP contribution in [0, 0.1) is 5.92 Å². The average Bonchev–Trinajstić information content (AvgIpc) is 3.46. The first-order valence-corrected chi connectivity index (χ1v) is 16.9. The molecule has 11 nitrogen and oxygen atoms in total. The maximum absolute atomic E-state index is 14.0. The Labute approximate surface area is 273 Å². The van der Waals surface area contributed by atoms with Crippen LogP contribution in [-0.2, 0) is 37.1 Å². The second-order valence-corrected chi connectivity index (χ2v) is 14.3. The number of sulfonamides is 1. The summed E-state index contributed by atoms with van der Waals surface area (Å²) in [7, 11) is -2.50. The van der Waals surface area contributed by atoms with Crippen LogP contribution in [0.4, 0.5) is 24.5 Å². The molecule has 3 heterocycles. The SMILES string of the molecule is COc1ccc([C@@H]2c3sc(=O)n(CC(=O)Nc4ccc(S(N)(=O)=O)cc4)c3S[C@H]3C(=O)N(c4ccccc4C(F)(F)F)C(=O)[C@@H]23)cc1. The van der Waals surface area contributed by atoms with Crippen molar-refractivity contribution >= 4 is 62.2 Å². The van der Waals surface area contributed by atoms with E-state index in [1.807, 2.05) is 0 Å². The number of anilines is 2. The molecule has 3 atom stereocenters.